The fourth-order valence-corrected chi connectivity index (χ4v) is 5.27. The average molecular weight is 477 g/mol. The van der Waals surface area contributed by atoms with Gasteiger partial charge in [-0.3, -0.25) is 9.69 Å². The van der Waals surface area contributed by atoms with Gasteiger partial charge in [-0.25, -0.2) is 4.79 Å². The number of halogens is 3. The number of rotatable bonds is 6. The minimum absolute atomic E-state index is 0.207. The van der Waals surface area contributed by atoms with E-state index in [9.17, 15) is 22.8 Å². The molecule has 10 heteroatoms. The average Bonchev–Trinajstić information content (AvgIpc) is 3.28. The maximum absolute atomic E-state index is 13.2. The molecule has 2 heterocycles. The van der Waals surface area contributed by atoms with Gasteiger partial charge in [0.25, 0.3) is 5.91 Å². The molecule has 1 atom stereocenters. The Balaban J connectivity index is 1.50. The smallest absolute Gasteiger partial charge is 0.365 e. The second-order valence-corrected chi connectivity index (χ2v) is 8.99. The molecule has 1 saturated heterocycles. The number of carbonyl (C=O) groups excluding carboxylic acids is 2. The molecule has 174 valence electrons. The lowest BCUT2D eigenvalue weighted by atomic mass is 10.1. The molecule has 3 amide bonds. The van der Waals surface area contributed by atoms with E-state index in [0.717, 1.165) is 23.4 Å². The molecule has 0 bridgehead atoms. The summed E-state index contributed by atoms with van der Waals surface area (Å²) in [6.07, 6.45) is -4.40. The molecule has 6 nitrogen and oxygen atoms in total. The summed E-state index contributed by atoms with van der Waals surface area (Å²) in [5.41, 5.74) is 6.78. The minimum Gasteiger partial charge on any atom is -0.365 e. The number of carbonyl (C=O) groups is 2. The van der Waals surface area contributed by atoms with Crippen LogP contribution in [0.1, 0.15) is 23.6 Å². The van der Waals surface area contributed by atoms with Crippen molar-refractivity contribution in [3.8, 4) is 0 Å². The number of alkyl halides is 3. The van der Waals surface area contributed by atoms with Gasteiger partial charge >= 0.3 is 12.2 Å². The summed E-state index contributed by atoms with van der Waals surface area (Å²) in [7, 11) is 0. The second-order valence-electron chi connectivity index (χ2n) is 7.93. The monoisotopic (exact) mass is 476 g/mol. The standard InChI is InChI=1S/C23H23F3N4O2S/c1-15-19(20(27)31)33-22(30(15)14-16-5-3-2-4-6-16)29-12-11-28(21(29)32)13-17-7-9-18(10-8-17)23(24,25)26/h2-10,22H,11-14H2,1H3,(H2,27,31). The van der Waals surface area contributed by atoms with E-state index in [1.165, 1.54) is 23.9 Å². The van der Waals surface area contributed by atoms with Crippen LogP contribution in [0, 0.1) is 0 Å². The van der Waals surface area contributed by atoms with Gasteiger partial charge in [-0.2, -0.15) is 13.2 Å². The SMILES string of the molecule is CC1=C(C(N)=O)SC(N2CCN(Cc3ccc(C(F)(F)F)cc3)C2=O)N1Cc1ccccc1. The van der Waals surface area contributed by atoms with Crippen LogP contribution in [0.4, 0.5) is 18.0 Å². The highest BCUT2D eigenvalue weighted by molar-refractivity contribution is 8.04. The van der Waals surface area contributed by atoms with Gasteiger partial charge in [-0.1, -0.05) is 54.2 Å². The highest BCUT2D eigenvalue weighted by Gasteiger charge is 2.42. The van der Waals surface area contributed by atoms with Crippen LogP contribution < -0.4 is 5.73 Å². The summed E-state index contributed by atoms with van der Waals surface area (Å²) in [6.45, 7) is 3.39. The molecule has 4 rings (SSSR count). The molecule has 2 aromatic carbocycles. The van der Waals surface area contributed by atoms with E-state index < -0.39 is 23.1 Å². The molecule has 2 aromatic rings. The Hall–Kier alpha value is -3.14. The zero-order valence-electron chi connectivity index (χ0n) is 17.9. The van der Waals surface area contributed by atoms with Crippen molar-refractivity contribution in [1.82, 2.24) is 14.7 Å². The quantitative estimate of drug-likeness (QED) is 0.679. The first kappa shape index (κ1) is 23.0. The zero-order chi connectivity index (χ0) is 23.8. The van der Waals surface area contributed by atoms with Gasteiger partial charge < -0.3 is 15.5 Å². The lowest BCUT2D eigenvalue weighted by Crippen LogP contribution is -2.45. The van der Waals surface area contributed by atoms with Crippen molar-refractivity contribution in [3.05, 3.63) is 81.9 Å². The summed E-state index contributed by atoms with van der Waals surface area (Å²) >= 11 is 1.25. The van der Waals surface area contributed by atoms with E-state index in [2.05, 4.69) is 0 Å². The van der Waals surface area contributed by atoms with E-state index in [0.29, 0.717) is 30.1 Å². The maximum atomic E-state index is 13.2. The molecular formula is C23H23F3N4O2S. The van der Waals surface area contributed by atoms with Crippen molar-refractivity contribution < 1.29 is 22.8 Å². The number of nitrogens with zero attached hydrogens (tertiary/aromatic N) is 3. The fraction of sp³-hybridized carbons (Fsp3) is 0.304. The molecule has 0 saturated carbocycles. The molecule has 1 fully saturated rings. The van der Waals surface area contributed by atoms with Gasteiger partial charge in [0.15, 0.2) is 5.50 Å². The predicted octanol–water partition coefficient (Wildman–Crippen LogP) is 4.19. The largest absolute Gasteiger partial charge is 0.416 e. The second kappa shape index (κ2) is 9.01. The first-order valence-electron chi connectivity index (χ1n) is 10.3. The highest BCUT2D eigenvalue weighted by atomic mass is 32.2. The first-order chi connectivity index (χ1) is 15.6. The molecule has 0 aliphatic carbocycles. The Bertz CT molecular complexity index is 1070. The number of hydrogen-bond acceptors (Lipinski definition) is 4. The van der Waals surface area contributed by atoms with Gasteiger partial charge in [-0.05, 0) is 30.2 Å². The number of nitrogens with two attached hydrogens (primary N) is 1. The summed E-state index contributed by atoms with van der Waals surface area (Å²) in [5, 5.41) is 0. The van der Waals surface area contributed by atoms with Crippen molar-refractivity contribution in [2.75, 3.05) is 13.1 Å². The molecule has 0 aromatic heterocycles. The third kappa shape index (κ3) is 4.80. The maximum Gasteiger partial charge on any atom is 0.416 e. The number of allylic oxidation sites excluding steroid dienone is 1. The Morgan fingerprint density at radius 1 is 1.03 bits per heavy atom. The molecule has 1 unspecified atom stereocenters. The van der Waals surface area contributed by atoms with Crippen LogP contribution in [0.3, 0.4) is 0 Å². The fourth-order valence-electron chi connectivity index (χ4n) is 3.97. The first-order valence-corrected chi connectivity index (χ1v) is 11.2. The molecule has 2 aliphatic heterocycles. The Morgan fingerprint density at radius 3 is 2.27 bits per heavy atom. The van der Waals surface area contributed by atoms with Gasteiger partial charge in [0.05, 0.1) is 10.5 Å². The van der Waals surface area contributed by atoms with Gasteiger partial charge in [0.2, 0.25) is 0 Å². The number of urea groups is 1. The molecule has 2 aliphatic rings. The highest BCUT2D eigenvalue weighted by Crippen LogP contribution is 2.41. The molecular weight excluding hydrogens is 453 g/mol. The van der Waals surface area contributed by atoms with Crippen LogP contribution in [0.2, 0.25) is 0 Å². The van der Waals surface area contributed by atoms with Crippen molar-refractivity contribution in [2.24, 2.45) is 5.73 Å². The summed E-state index contributed by atoms with van der Waals surface area (Å²) in [4.78, 5) is 30.9. The van der Waals surface area contributed by atoms with Crippen LogP contribution in [-0.2, 0) is 24.1 Å². The number of benzene rings is 2. The Morgan fingerprint density at radius 2 is 1.67 bits per heavy atom. The van der Waals surface area contributed by atoms with Gasteiger partial charge in [-0.15, -0.1) is 0 Å². The predicted molar refractivity (Wildman–Crippen MR) is 119 cm³/mol. The normalized spacial score (nSPS) is 19.1. The number of primary amides is 1. The third-order valence-corrected chi connectivity index (χ3v) is 7.17. The molecule has 0 spiro atoms. The van der Waals surface area contributed by atoms with Crippen LogP contribution in [0.25, 0.3) is 0 Å². The van der Waals surface area contributed by atoms with Crippen LogP contribution in [0.5, 0.6) is 0 Å². The van der Waals surface area contributed by atoms with Crippen LogP contribution in [-0.4, -0.2) is 45.2 Å². The molecule has 0 radical (unpaired) electrons. The Kier molecular flexibility index (Phi) is 6.29. The number of hydrogen-bond donors (Lipinski definition) is 1. The van der Waals surface area contributed by atoms with Gasteiger partial charge in [0, 0.05) is 31.9 Å². The topological polar surface area (TPSA) is 69.9 Å². The third-order valence-electron chi connectivity index (χ3n) is 5.72. The lowest BCUT2D eigenvalue weighted by Gasteiger charge is -2.34. The number of thioether (sulfide) groups is 1. The van der Waals surface area contributed by atoms with Crippen molar-refractivity contribution in [1.29, 1.82) is 0 Å². The van der Waals surface area contributed by atoms with E-state index in [4.69, 9.17) is 5.73 Å². The van der Waals surface area contributed by atoms with Crippen molar-refractivity contribution in [3.63, 3.8) is 0 Å². The van der Waals surface area contributed by atoms with E-state index in [-0.39, 0.29) is 12.6 Å². The lowest BCUT2D eigenvalue weighted by molar-refractivity contribution is -0.137. The van der Waals surface area contributed by atoms with Gasteiger partial charge in [0.1, 0.15) is 0 Å². The molecule has 2 N–H and O–H groups in total. The molecule has 33 heavy (non-hydrogen) atoms. The van der Waals surface area contributed by atoms with E-state index >= 15 is 0 Å². The van der Waals surface area contributed by atoms with Crippen molar-refractivity contribution in [2.45, 2.75) is 31.7 Å². The van der Waals surface area contributed by atoms with Crippen LogP contribution in [0.15, 0.2) is 65.2 Å². The van der Waals surface area contributed by atoms with Crippen molar-refractivity contribution >= 4 is 23.7 Å². The summed E-state index contributed by atoms with van der Waals surface area (Å²) in [5.74, 6) is -0.536. The summed E-state index contributed by atoms with van der Waals surface area (Å²) in [6, 6.07) is 14.3. The minimum atomic E-state index is -4.40. The van der Waals surface area contributed by atoms with E-state index in [1.54, 1.807) is 9.80 Å². The number of amides is 3. The van der Waals surface area contributed by atoms with E-state index in [1.807, 2.05) is 42.2 Å². The van der Waals surface area contributed by atoms with Crippen LogP contribution >= 0.6 is 11.8 Å². The Labute approximate surface area is 193 Å². The zero-order valence-corrected chi connectivity index (χ0v) is 18.7. The summed E-state index contributed by atoms with van der Waals surface area (Å²) < 4.78 is 38.4.